The van der Waals surface area contributed by atoms with Crippen LogP contribution in [0.4, 0.5) is 10.3 Å². The van der Waals surface area contributed by atoms with Crippen molar-refractivity contribution in [3.8, 4) is 0 Å². The summed E-state index contributed by atoms with van der Waals surface area (Å²) in [6.45, 7) is 4.10. The van der Waals surface area contributed by atoms with E-state index >= 15 is 0 Å². The van der Waals surface area contributed by atoms with Crippen molar-refractivity contribution in [2.45, 2.75) is 13.8 Å². The van der Waals surface area contributed by atoms with Crippen LogP contribution in [0.1, 0.15) is 22.3 Å². The van der Waals surface area contributed by atoms with Crippen molar-refractivity contribution in [1.29, 1.82) is 0 Å². The molecule has 3 rings (SSSR count). The van der Waals surface area contributed by atoms with Gasteiger partial charge < -0.3 is 0 Å². The molecule has 0 aliphatic heterocycles. The number of aryl methyl sites for hydroxylation is 2. The Morgan fingerprint density at radius 3 is 1.52 bits per heavy atom. The second-order valence-electron chi connectivity index (χ2n) is 5.47. The van der Waals surface area contributed by atoms with Crippen LogP contribution in [0.3, 0.4) is 0 Å². The van der Waals surface area contributed by atoms with Crippen LogP contribution in [0.5, 0.6) is 0 Å². The van der Waals surface area contributed by atoms with Crippen LogP contribution in [-0.4, -0.2) is 22.6 Å². The van der Waals surface area contributed by atoms with Gasteiger partial charge in [-0.05, 0) is 25.0 Å². The van der Waals surface area contributed by atoms with Gasteiger partial charge in [-0.15, -0.1) is 10.2 Å². The van der Waals surface area contributed by atoms with Crippen LogP contribution in [-0.2, 0) is 0 Å². The molecule has 0 radical (unpaired) electrons. The van der Waals surface area contributed by atoms with Gasteiger partial charge in [0, 0.05) is 0 Å². The summed E-state index contributed by atoms with van der Waals surface area (Å²) in [7, 11) is 0. The summed E-state index contributed by atoms with van der Waals surface area (Å²) in [5.74, 6) is 0. The number of hydrogen-bond acceptors (Lipinski definition) is 7. The third-order valence-corrected chi connectivity index (χ3v) is 4.06. The predicted molar refractivity (Wildman–Crippen MR) is 105 cm³/mol. The maximum absolute atomic E-state index is 4.16. The van der Waals surface area contributed by atoms with Gasteiger partial charge in [-0.2, -0.15) is 10.2 Å². The Hall–Kier alpha value is -3.06. The molecule has 126 valence electrons. The lowest BCUT2D eigenvalue weighted by atomic mass is 10.2. The van der Waals surface area contributed by atoms with E-state index in [2.05, 4.69) is 45.1 Å². The lowest BCUT2D eigenvalue weighted by Gasteiger charge is -1.95. The molecule has 0 aliphatic carbocycles. The molecular formula is C18H18N6S. The van der Waals surface area contributed by atoms with Crippen molar-refractivity contribution in [2.24, 2.45) is 10.2 Å². The topological polar surface area (TPSA) is 74.6 Å². The lowest BCUT2D eigenvalue weighted by molar-refractivity contribution is 1.07. The predicted octanol–water partition coefficient (Wildman–Crippen LogP) is 4.05. The fourth-order valence-electron chi connectivity index (χ4n) is 1.94. The van der Waals surface area contributed by atoms with E-state index in [4.69, 9.17) is 0 Å². The molecule has 3 aromatic rings. The van der Waals surface area contributed by atoms with Crippen molar-refractivity contribution < 1.29 is 0 Å². The Bertz CT molecular complexity index is 793. The summed E-state index contributed by atoms with van der Waals surface area (Å²) in [6, 6.07) is 16.2. The van der Waals surface area contributed by atoms with Gasteiger partial charge >= 0.3 is 0 Å². The van der Waals surface area contributed by atoms with E-state index < -0.39 is 0 Å². The standard InChI is InChI=1S/C18H18N6S/c1-13-3-7-15(8-4-13)11-19-21-17-23-24-18(25-17)22-20-12-16-9-5-14(2)6-10-16/h3-12H,1-2H3,(H,21,23)(H,22,24)/b19-11+,20-12+. The number of benzene rings is 2. The Labute approximate surface area is 150 Å². The molecule has 0 atom stereocenters. The minimum absolute atomic E-state index is 0.594. The van der Waals surface area contributed by atoms with Gasteiger partial charge in [-0.25, -0.2) is 0 Å². The molecule has 1 heterocycles. The molecule has 7 heteroatoms. The van der Waals surface area contributed by atoms with Crippen molar-refractivity contribution in [3.05, 3.63) is 70.8 Å². The number of rotatable bonds is 6. The van der Waals surface area contributed by atoms with Gasteiger partial charge in [0.2, 0.25) is 10.3 Å². The molecule has 0 fully saturated rings. The molecule has 6 nitrogen and oxygen atoms in total. The van der Waals surface area contributed by atoms with Crippen molar-refractivity contribution in [2.75, 3.05) is 10.9 Å². The maximum Gasteiger partial charge on any atom is 0.227 e. The van der Waals surface area contributed by atoms with Crippen molar-refractivity contribution in [3.63, 3.8) is 0 Å². The molecule has 1 aromatic heterocycles. The fraction of sp³-hybridized carbons (Fsp3) is 0.111. The number of aromatic nitrogens is 2. The van der Waals surface area contributed by atoms with Crippen molar-refractivity contribution >= 4 is 34.0 Å². The first-order valence-electron chi connectivity index (χ1n) is 7.74. The highest BCUT2D eigenvalue weighted by Crippen LogP contribution is 2.19. The first-order valence-corrected chi connectivity index (χ1v) is 8.56. The van der Waals surface area contributed by atoms with Gasteiger partial charge in [0.1, 0.15) is 0 Å². The Balaban J connectivity index is 1.51. The normalized spacial score (nSPS) is 11.3. The zero-order valence-corrected chi connectivity index (χ0v) is 14.8. The average molecular weight is 350 g/mol. The molecular weight excluding hydrogens is 332 g/mol. The minimum Gasteiger partial charge on any atom is -0.251 e. The number of nitrogens with one attached hydrogen (secondary N) is 2. The summed E-state index contributed by atoms with van der Waals surface area (Å²) in [5.41, 5.74) is 10.2. The summed E-state index contributed by atoms with van der Waals surface area (Å²) in [5, 5.41) is 17.5. The molecule has 0 unspecified atom stereocenters. The number of hydrogen-bond donors (Lipinski definition) is 2. The minimum atomic E-state index is 0.594. The fourth-order valence-corrected chi connectivity index (χ4v) is 2.49. The van der Waals surface area contributed by atoms with Gasteiger partial charge in [-0.3, -0.25) is 10.9 Å². The first kappa shape index (κ1) is 16.8. The van der Waals surface area contributed by atoms with E-state index in [-0.39, 0.29) is 0 Å². The van der Waals surface area contributed by atoms with E-state index in [1.165, 1.54) is 22.5 Å². The molecule has 0 amide bonds. The van der Waals surface area contributed by atoms with E-state index in [0.717, 1.165) is 11.1 Å². The summed E-state index contributed by atoms with van der Waals surface area (Å²) >= 11 is 1.34. The summed E-state index contributed by atoms with van der Waals surface area (Å²) in [6.07, 6.45) is 3.48. The quantitative estimate of drug-likeness (QED) is 0.519. The molecule has 2 N–H and O–H groups in total. The Morgan fingerprint density at radius 2 is 1.12 bits per heavy atom. The Kier molecular flexibility index (Phi) is 5.48. The number of nitrogens with zero attached hydrogens (tertiary/aromatic N) is 4. The largest absolute Gasteiger partial charge is 0.251 e. The molecule has 0 spiro atoms. The molecule has 25 heavy (non-hydrogen) atoms. The van der Waals surface area contributed by atoms with Crippen LogP contribution < -0.4 is 10.9 Å². The molecule has 0 bridgehead atoms. The van der Waals surface area contributed by atoms with Crippen LogP contribution in [0.2, 0.25) is 0 Å². The van der Waals surface area contributed by atoms with Crippen LogP contribution in [0.15, 0.2) is 58.7 Å². The monoisotopic (exact) mass is 350 g/mol. The van der Waals surface area contributed by atoms with Gasteiger partial charge in [0.25, 0.3) is 0 Å². The third-order valence-electron chi connectivity index (χ3n) is 3.33. The summed E-state index contributed by atoms with van der Waals surface area (Å²) in [4.78, 5) is 0. The highest BCUT2D eigenvalue weighted by Gasteiger charge is 2.01. The smallest absolute Gasteiger partial charge is 0.227 e. The number of anilines is 2. The second kappa shape index (κ2) is 8.16. The summed E-state index contributed by atoms with van der Waals surface area (Å²) < 4.78 is 0. The van der Waals surface area contributed by atoms with E-state index in [9.17, 15) is 0 Å². The van der Waals surface area contributed by atoms with Gasteiger partial charge in [0.05, 0.1) is 12.4 Å². The van der Waals surface area contributed by atoms with E-state index in [1.807, 2.05) is 48.5 Å². The number of hydrazone groups is 2. The zero-order valence-electron chi connectivity index (χ0n) is 14.0. The average Bonchev–Trinajstić information content (AvgIpc) is 3.06. The SMILES string of the molecule is Cc1ccc(/C=N/Nc2nnc(N/N=C/c3ccc(C)cc3)s2)cc1. The maximum atomic E-state index is 4.16. The molecule has 0 saturated carbocycles. The highest BCUT2D eigenvalue weighted by atomic mass is 32.1. The Morgan fingerprint density at radius 1 is 0.720 bits per heavy atom. The molecule has 0 aliphatic rings. The van der Waals surface area contributed by atoms with Crippen LogP contribution in [0.25, 0.3) is 0 Å². The van der Waals surface area contributed by atoms with Gasteiger partial charge in [0.15, 0.2) is 0 Å². The molecule has 2 aromatic carbocycles. The highest BCUT2D eigenvalue weighted by molar-refractivity contribution is 7.18. The van der Waals surface area contributed by atoms with Gasteiger partial charge in [-0.1, -0.05) is 71.0 Å². The third kappa shape index (κ3) is 5.22. The second-order valence-corrected chi connectivity index (χ2v) is 6.45. The molecule has 0 saturated heterocycles. The van der Waals surface area contributed by atoms with Crippen LogP contribution >= 0.6 is 11.3 Å². The first-order chi connectivity index (χ1) is 12.2. The lowest BCUT2D eigenvalue weighted by Crippen LogP contribution is -1.90. The van der Waals surface area contributed by atoms with E-state index in [0.29, 0.717) is 10.3 Å². The zero-order chi connectivity index (χ0) is 17.5. The van der Waals surface area contributed by atoms with Crippen molar-refractivity contribution in [1.82, 2.24) is 10.2 Å². The van der Waals surface area contributed by atoms with Crippen LogP contribution in [0, 0.1) is 13.8 Å². The van der Waals surface area contributed by atoms with E-state index in [1.54, 1.807) is 12.4 Å².